The van der Waals surface area contributed by atoms with Gasteiger partial charge in [-0.25, -0.2) is 13.1 Å². The Bertz CT molecular complexity index is 509. The Kier molecular flexibility index (Phi) is 3.72. The lowest BCUT2D eigenvalue weighted by Crippen LogP contribution is -2.49. The molecule has 18 heavy (non-hydrogen) atoms. The standard InChI is InChI=1S/C11H16N2O4S/c1-18(15,16)12-10-3-2-5-13(7-10)11(14)9-4-6-17-8-9/h4,6,8,10,12H,2-3,5,7H2,1H3/t10-/m1/s1. The Morgan fingerprint density at radius 3 is 2.94 bits per heavy atom. The largest absolute Gasteiger partial charge is 0.472 e. The molecule has 6 nitrogen and oxygen atoms in total. The van der Waals surface area contributed by atoms with Gasteiger partial charge in [-0.2, -0.15) is 0 Å². The topological polar surface area (TPSA) is 79.6 Å². The highest BCUT2D eigenvalue weighted by Crippen LogP contribution is 2.14. The highest BCUT2D eigenvalue weighted by molar-refractivity contribution is 7.88. The van der Waals surface area contributed by atoms with E-state index in [9.17, 15) is 13.2 Å². The Hall–Kier alpha value is -1.34. The molecular formula is C11H16N2O4S. The second-order valence-electron chi connectivity index (χ2n) is 4.49. The lowest BCUT2D eigenvalue weighted by molar-refractivity contribution is 0.0702. The van der Waals surface area contributed by atoms with E-state index in [0.717, 1.165) is 19.1 Å². The molecule has 1 N–H and O–H groups in total. The summed E-state index contributed by atoms with van der Waals surface area (Å²) in [5, 5.41) is 0. The van der Waals surface area contributed by atoms with Crippen molar-refractivity contribution in [1.29, 1.82) is 0 Å². The van der Waals surface area contributed by atoms with Crippen LogP contribution >= 0.6 is 0 Å². The first-order valence-electron chi connectivity index (χ1n) is 5.74. The van der Waals surface area contributed by atoms with Crippen molar-refractivity contribution in [3.05, 3.63) is 24.2 Å². The van der Waals surface area contributed by atoms with Gasteiger partial charge in [0, 0.05) is 19.1 Å². The Labute approximate surface area is 106 Å². The summed E-state index contributed by atoms with van der Waals surface area (Å²) < 4.78 is 29.8. The zero-order chi connectivity index (χ0) is 13.2. The zero-order valence-corrected chi connectivity index (χ0v) is 10.9. The number of hydrogen-bond donors (Lipinski definition) is 1. The molecule has 1 aromatic rings. The molecule has 100 valence electrons. The summed E-state index contributed by atoms with van der Waals surface area (Å²) in [7, 11) is -3.23. The molecule has 2 heterocycles. The summed E-state index contributed by atoms with van der Waals surface area (Å²) >= 11 is 0. The molecule has 1 atom stereocenters. The number of nitrogens with zero attached hydrogens (tertiary/aromatic N) is 1. The van der Waals surface area contributed by atoms with Crippen molar-refractivity contribution >= 4 is 15.9 Å². The van der Waals surface area contributed by atoms with Gasteiger partial charge < -0.3 is 9.32 Å². The Morgan fingerprint density at radius 2 is 2.33 bits per heavy atom. The van der Waals surface area contributed by atoms with Crippen molar-refractivity contribution in [2.24, 2.45) is 0 Å². The van der Waals surface area contributed by atoms with Gasteiger partial charge in [-0.05, 0) is 18.9 Å². The number of furan rings is 1. The van der Waals surface area contributed by atoms with Crippen LogP contribution in [0.5, 0.6) is 0 Å². The van der Waals surface area contributed by atoms with Crippen molar-refractivity contribution in [3.8, 4) is 0 Å². The Morgan fingerprint density at radius 1 is 1.56 bits per heavy atom. The summed E-state index contributed by atoms with van der Waals surface area (Å²) in [4.78, 5) is 13.7. The number of carbonyl (C=O) groups is 1. The quantitative estimate of drug-likeness (QED) is 0.865. The molecule has 1 aliphatic rings. The molecule has 2 rings (SSSR count). The molecule has 0 aromatic carbocycles. The summed E-state index contributed by atoms with van der Waals surface area (Å²) in [6.45, 7) is 1.04. The first kappa shape index (κ1) is 13.1. The molecule has 0 bridgehead atoms. The van der Waals surface area contributed by atoms with E-state index in [4.69, 9.17) is 4.42 Å². The highest BCUT2D eigenvalue weighted by atomic mass is 32.2. The first-order chi connectivity index (χ1) is 8.46. The molecule has 1 amide bonds. The fourth-order valence-electron chi connectivity index (χ4n) is 2.13. The summed E-state index contributed by atoms with van der Waals surface area (Å²) in [5.74, 6) is -0.122. The number of piperidine rings is 1. The van der Waals surface area contributed by atoms with Gasteiger partial charge in [0.2, 0.25) is 10.0 Å². The van der Waals surface area contributed by atoms with Gasteiger partial charge in [0.25, 0.3) is 5.91 Å². The second kappa shape index (κ2) is 5.11. The number of hydrogen-bond acceptors (Lipinski definition) is 4. The summed E-state index contributed by atoms with van der Waals surface area (Å²) in [6.07, 6.45) is 5.52. The van der Waals surface area contributed by atoms with E-state index in [-0.39, 0.29) is 11.9 Å². The normalized spacial score (nSPS) is 20.9. The molecule has 1 aliphatic heterocycles. The van der Waals surface area contributed by atoms with E-state index in [0.29, 0.717) is 18.7 Å². The lowest BCUT2D eigenvalue weighted by Gasteiger charge is -2.32. The molecule has 7 heteroatoms. The van der Waals surface area contributed by atoms with E-state index >= 15 is 0 Å². The van der Waals surface area contributed by atoms with E-state index in [2.05, 4.69) is 4.72 Å². The van der Waals surface area contributed by atoms with Gasteiger partial charge in [0.05, 0.1) is 18.1 Å². The zero-order valence-electron chi connectivity index (χ0n) is 10.1. The maximum atomic E-state index is 12.1. The average Bonchev–Trinajstić information content (AvgIpc) is 2.79. The molecule has 1 saturated heterocycles. The van der Waals surface area contributed by atoms with Crippen LogP contribution in [0.3, 0.4) is 0 Å². The van der Waals surface area contributed by atoms with E-state index in [1.54, 1.807) is 11.0 Å². The molecule has 1 fully saturated rings. The minimum absolute atomic E-state index is 0.122. The predicted octanol–water partition coefficient (Wildman–Crippen LogP) is 0.433. The van der Waals surface area contributed by atoms with Crippen LogP contribution in [0.2, 0.25) is 0 Å². The SMILES string of the molecule is CS(=O)(=O)N[C@@H]1CCCN(C(=O)c2ccoc2)C1. The predicted molar refractivity (Wildman–Crippen MR) is 65.6 cm³/mol. The van der Waals surface area contributed by atoms with E-state index in [1.807, 2.05) is 0 Å². The molecule has 0 aliphatic carbocycles. The number of carbonyl (C=O) groups excluding carboxylic acids is 1. The van der Waals surface area contributed by atoms with Crippen molar-refractivity contribution < 1.29 is 17.6 Å². The third kappa shape index (κ3) is 3.33. The number of nitrogens with one attached hydrogen (secondary N) is 1. The summed E-state index contributed by atoms with van der Waals surface area (Å²) in [5.41, 5.74) is 0.495. The molecule has 1 aromatic heterocycles. The minimum Gasteiger partial charge on any atom is -0.472 e. The van der Waals surface area contributed by atoms with Crippen LogP contribution in [0.4, 0.5) is 0 Å². The van der Waals surface area contributed by atoms with Crippen molar-refractivity contribution in [3.63, 3.8) is 0 Å². The van der Waals surface area contributed by atoms with Gasteiger partial charge in [-0.3, -0.25) is 4.79 Å². The fourth-order valence-corrected chi connectivity index (χ4v) is 2.93. The number of amides is 1. The minimum atomic E-state index is -3.23. The van der Waals surface area contributed by atoms with E-state index in [1.165, 1.54) is 12.5 Å². The third-order valence-electron chi connectivity index (χ3n) is 2.86. The van der Waals surface area contributed by atoms with Crippen LogP contribution in [-0.2, 0) is 10.0 Å². The molecule has 0 unspecified atom stereocenters. The van der Waals surface area contributed by atoms with Crippen LogP contribution in [-0.4, -0.2) is 44.6 Å². The van der Waals surface area contributed by atoms with Gasteiger partial charge in [0.1, 0.15) is 6.26 Å². The van der Waals surface area contributed by atoms with Gasteiger partial charge in [-0.15, -0.1) is 0 Å². The van der Waals surface area contributed by atoms with Gasteiger partial charge >= 0.3 is 0 Å². The molecule has 0 spiro atoms. The smallest absolute Gasteiger partial charge is 0.257 e. The van der Waals surface area contributed by atoms with Crippen LogP contribution in [0, 0.1) is 0 Å². The third-order valence-corrected chi connectivity index (χ3v) is 3.62. The first-order valence-corrected chi connectivity index (χ1v) is 7.63. The average molecular weight is 272 g/mol. The van der Waals surface area contributed by atoms with Crippen molar-refractivity contribution in [2.75, 3.05) is 19.3 Å². The maximum Gasteiger partial charge on any atom is 0.257 e. The summed E-state index contributed by atoms with van der Waals surface area (Å²) in [6, 6.07) is 1.40. The number of likely N-dealkylation sites (tertiary alicyclic amines) is 1. The fraction of sp³-hybridized carbons (Fsp3) is 0.545. The number of rotatable bonds is 3. The highest BCUT2D eigenvalue weighted by Gasteiger charge is 2.26. The van der Waals surface area contributed by atoms with Crippen LogP contribution in [0.25, 0.3) is 0 Å². The maximum absolute atomic E-state index is 12.1. The van der Waals surface area contributed by atoms with E-state index < -0.39 is 10.0 Å². The van der Waals surface area contributed by atoms with Crippen molar-refractivity contribution in [1.82, 2.24) is 9.62 Å². The molecule has 0 saturated carbocycles. The van der Waals surface area contributed by atoms with Crippen LogP contribution < -0.4 is 4.72 Å². The van der Waals surface area contributed by atoms with Gasteiger partial charge in [0.15, 0.2) is 0 Å². The van der Waals surface area contributed by atoms with Crippen LogP contribution in [0.1, 0.15) is 23.2 Å². The molecular weight excluding hydrogens is 256 g/mol. The lowest BCUT2D eigenvalue weighted by atomic mass is 10.1. The van der Waals surface area contributed by atoms with Crippen LogP contribution in [0.15, 0.2) is 23.0 Å². The molecule has 0 radical (unpaired) electrons. The Balaban J connectivity index is 2.01. The monoisotopic (exact) mass is 272 g/mol. The van der Waals surface area contributed by atoms with Gasteiger partial charge in [-0.1, -0.05) is 0 Å². The van der Waals surface area contributed by atoms with Crippen molar-refractivity contribution in [2.45, 2.75) is 18.9 Å². The number of sulfonamides is 1. The second-order valence-corrected chi connectivity index (χ2v) is 6.27.